The highest BCUT2D eigenvalue weighted by atomic mass is 16.5. The Morgan fingerprint density at radius 3 is 2.76 bits per heavy atom. The number of carbonyl (C=O) groups is 1. The third-order valence-electron chi connectivity index (χ3n) is 3.17. The smallest absolute Gasteiger partial charge is 0.335 e. The van der Waals surface area contributed by atoms with Gasteiger partial charge in [0, 0.05) is 12.2 Å². The average molecular weight is 285 g/mol. The lowest BCUT2D eigenvalue weighted by Gasteiger charge is -2.11. The highest BCUT2D eigenvalue weighted by Crippen LogP contribution is 2.16. The Kier molecular flexibility index (Phi) is 5.21. The number of hydrogen-bond acceptors (Lipinski definition) is 3. The Morgan fingerprint density at radius 1 is 1.19 bits per heavy atom. The van der Waals surface area contributed by atoms with Crippen LogP contribution in [0.15, 0.2) is 48.5 Å². The monoisotopic (exact) mass is 285 g/mol. The molecule has 0 aliphatic carbocycles. The number of carboxylic acid groups (broad SMARTS) is 1. The van der Waals surface area contributed by atoms with Crippen LogP contribution in [-0.2, 0) is 6.42 Å². The van der Waals surface area contributed by atoms with E-state index in [9.17, 15) is 4.79 Å². The van der Waals surface area contributed by atoms with Crippen LogP contribution in [0.3, 0.4) is 0 Å². The molecule has 0 saturated carbocycles. The van der Waals surface area contributed by atoms with Crippen molar-refractivity contribution in [2.45, 2.75) is 13.3 Å². The fraction of sp³-hybridized carbons (Fsp3) is 0.235. The summed E-state index contributed by atoms with van der Waals surface area (Å²) in [4.78, 5) is 10.9. The highest BCUT2D eigenvalue weighted by Gasteiger charge is 2.04. The molecule has 0 bridgehead atoms. The quantitative estimate of drug-likeness (QED) is 0.765. The summed E-state index contributed by atoms with van der Waals surface area (Å²) >= 11 is 0. The van der Waals surface area contributed by atoms with Crippen molar-refractivity contribution < 1.29 is 14.6 Å². The number of nitrogens with one attached hydrogen (secondary N) is 1. The van der Waals surface area contributed by atoms with Gasteiger partial charge in [0.15, 0.2) is 0 Å². The maximum atomic E-state index is 10.9. The molecule has 0 fully saturated rings. The molecule has 0 radical (unpaired) electrons. The summed E-state index contributed by atoms with van der Waals surface area (Å²) in [5, 5.41) is 12.2. The highest BCUT2D eigenvalue weighted by molar-refractivity contribution is 5.87. The molecule has 2 rings (SSSR count). The summed E-state index contributed by atoms with van der Waals surface area (Å²) in [5.41, 5.74) is 2.62. The first-order chi connectivity index (χ1) is 10.2. The largest absolute Gasteiger partial charge is 0.492 e. The number of aromatic carboxylic acids is 1. The van der Waals surface area contributed by atoms with Crippen LogP contribution >= 0.6 is 0 Å². The van der Waals surface area contributed by atoms with Crippen LogP contribution in [0.25, 0.3) is 0 Å². The summed E-state index contributed by atoms with van der Waals surface area (Å²) in [6, 6.07) is 14.7. The Labute approximate surface area is 124 Å². The minimum Gasteiger partial charge on any atom is -0.492 e. The Morgan fingerprint density at radius 2 is 2.00 bits per heavy atom. The lowest BCUT2D eigenvalue weighted by Crippen LogP contribution is -2.12. The van der Waals surface area contributed by atoms with E-state index in [4.69, 9.17) is 9.84 Å². The average Bonchev–Trinajstić information content (AvgIpc) is 2.52. The van der Waals surface area contributed by atoms with E-state index in [2.05, 4.69) is 18.3 Å². The Bertz CT molecular complexity index is 610. The summed E-state index contributed by atoms with van der Waals surface area (Å²) in [6.45, 7) is 3.25. The molecule has 0 aliphatic rings. The van der Waals surface area contributed by atoms with Crippen molar-refractivity contribution in [3.05, 3.63) is 59.7 Å². The fourth-order valence-electron chi connectivity index (χ4n) is 2.07. The van der Waals surface area contributed by atoms with Gasteiger partial charge in [0.25, 0.3) is 0 Å². The lowest BCUT2D eigenvalue weighted by atomic mass is 10.1. The van der Waals surface area contributed by atoms with E-state index in [0.717, 1.165) is 12.1 Å². The second-order valence-electron chi connectivity index (χ2n) is 4.62. The van der Waals surface area contributed by atoms with E-state index >= 15 is 0 Å². The molecule has 0 aromatic heterocycles. The van der Waals surface area contributed by atoms with Gasteiger partial charge < -0.3 is 15.2 Å². The molecule has 0 amide bonds. The summed E-state index contributed by atoms with van der Waals surface area (Å²) < 4.78 is 5.57. The normalized spacial score (nSPS) is 10.1. The van der Waals surface area contributed by atoms with Gasteiger partial charge in [-0.1, -0.05) is 31.2 Å². The molecule has 0 saturated heterocycles. The molecule has 4 heteroatoms. The number of benzene rings is 2. The zero-order valence-electron chi connectivity index (χ0n) is 12.0. The fourth-order valence-corrected chi connectivity index (χ4v) is 2.07. The second kappa shape index (κ2) is 7.33. The van der Waals surface area contributed by atoms with Crippen molar-refractivity contribution in [1.29, 1.82) is 0 Å². The van der Waals surface area contributed by atoms with Crippen LogP contribution in [0.4, 0.5) is 5.69 Å². The van der Waals surface area contributed by atoms with Gasteiger partial charge in [0.05, 0.1) is 5.56 Å². The predicted octanol–water partition coefficient (Wildman–Crippen LogP) is 3.44. The number of carboxylic acids is 1. The molecule has 2 aromatic rings. The molecule has 110 valence electrons. The van der Waals surface area contributed by atoms with E-state index in [-0.39, 0.29) is 5.56 Å². The number of rotatable bonds is 7. The van der Waals surface area contributed by atoms with Crippen molar-refractivity contribution in [3.63, 3.8) is 0 Å². The minimum absolute atomic E-state index is 0.233. The van der Waals surface area contributed by atoms with Crippen LogP contribution in [0, 0.1) is 0 Å². The van der Waals surface area contributed by atoms with E-state index in [1.165, 1.54) is 11.6 Å². The molecule has 0 heterocycles. The van der Waals surface area contributed by atoms with Crippen LogP contribution in [0.2, 0.25) is 0 Å². The van der Waals surface area contributed by atoms with Crippen LogP contribution in [0.1, 0.15) is 22.8 Å². The molecule has 2 aromatic carbocycles. The maximum Gasteiger partial charge on any atom is 0.335 e. The number of ether oxygens (including phenoxy) is 1. The van der Waals surface area contributed by atoms with Crippen molar-refractivity contribution in [3.8, 4) is 5.75 Å². The SMILES string of the molecule is CCc1ccccc1NCCOc1cccc(C(=O)O)c1. The zero-order chi connectivity index (χ0) is 15.1. The maximum absolute atomic E-state index is 10.9. The zero-order valence-corrected chi connectivity index (χ0v) is 12.0. The van der Waals surface area contributed by atoms with Gasteiger partial charge in [-0.3, -0.25) is 0 Å². The molecular formula is C17H19NO3. The van der Waals surface area contributed by atoms with Crippen LogP contribution < -0.4 is 10.1 Å². The van der Waals surface area contributed by atoms with Gasteiger partial charge in [0.1, 0.15) is 12.4 Å². The first-order valence-corrected chi connectivity index (χ1v) is 6.98. The van der Waals surface area contributed by atoms with Gasteiger partial charge >= 0.3 is 5.97 Å². The standard InChI is InChI=1S/C17H19NO3/c1-2-13-6-3-4-9-16(13)18-10-11-21-15-8-5-7-14(12-15)17(19)20/h3-9,12,18H,2,10-11H2,1H3,(H,19,20). The summed E-state index contributed by atoms with van der Waals surface area (Å²) in [5.74, 6) is -0.379. The van der Waals surface area contributed by atoms with Gasteiger partial charge in [-0.2, -0.15) is 0 Å². The molecule has 0 unspecified atom stereocenters. The first kappa shape index (κ1) is 14.9. The number of anilines is 1. The Balaban J connectivity index is 1.85. The van der Waals surface area contributed by atoms with Crippen molar-refractivity contribution in [2.75, 3.05) is 18.5 Å². The topological polar surface area (TPSA) is 58.6 Å². The molecule has 0 spiro atoms. The molecule has 21 heavy (non-hydrogen) atoms. The van der Waals surface area contributed by atoms with Gasteiger partial charge in [0.2, 0.25) is 0 Å². The molecule has 4 nitrogen and oxygen atoms in total. The van der Waals surface area contributed by atoms with Crippen LogP contribution in [0.5, 0.6) is 5.75 Å². The number of aryl methyl sites for hydroxylation is 1. The molecule has 0 aliphatic heterocycles. The third-order valence-corrected chi connectivity index (χ3v) is 3.17. The van der Waals surface area contributed by atoms with Gasteiger partial charge in [-0.25, -0.2) is 4.79 Å². The summed E-state index contributed by atoms with van der Waals surface area (Å²) in [7, 11) is 0. The lowest BCUT2D eigenvalue weighted by molar-refractivity contribution is 0.0696. The third kappa shape index (κ3) is 4.24. The first-order valence-electron chi connectivity index (χ1n) is 6.98. The molecule has 2 N–H and O–H groups in total. The van der Waals surface area contributed by atoms with E-state index < -0.39 is 5.97 Å². The predicted molar refractivity (Wildman–Crippen MR) is 83.2 cm³/mol. The van der Waals surface area contributed by atoms with Crippen molar-refractivity contribution >= 4 is 11.7 Å². The van der Waals surface area contributed by atoms with Gasteiger partial charge in [-0.05, 0) is 36.2 Å². The number of para-hydroxylation sites is 1. The van der Waals surface area contributed by atoms with Crippen molar-refractivity contribution in [1.82, 2.24) is 0 Å². The molecular weight excluding hydrogens is 266 g/mol. The minimum atomic E-state index is -0.949. The second-order valence-corrected chi connectivity index (χ2v) is 4.62. The molecule has 0 atom stereocenters. The van der Waals surface area contributed by atoms with E-state index in [1.54, 1.807) is 18.2 Å². The van der Waals surface area contributed by atoms with E-state index in [1.807, 2.05) is 18.2 Å². The Hall–Kier alpha value is -2.49. The number of hydrogen-bond donors (Lipinski definition) is 2. The van der Waals surface area contributed by atoms with E-state index in [0.29, 0.717) is 18.9 Å². The van der Waals surface area contributed by atoms with Crippen molar-refractivity contribution in [2.24, 2.45) is 0 Å². The van der Waals surface area contributed by atoms with Gasteiger partial charge in [-0.15, -0.1) is 0 Å². The van der Waals surface area contributed by atoms with Crippen LogP contribution in [-0.4, -0.2) is 24.2 Å². The summed E-state index contributed by atoms with van der Waals surface area (Å²) in [6.07, 6.45) is 0.977.